The van der Waals surface area contributed by atoms with Crippen molar-refractivity contribution in [2.24, 2.45) is 10.9 Å². The zero-order valence-electron chi connectivity index (χ0n) is 16.5. The topological polar surface area (TPSA) is 103 Å². The van der Waals surface area contributed by atoms with Crippen LogP contribution >= 0.6 is 0 Å². The second kappa shape index (κ2) is 11.4. The van der Waals surface area contributed by atoms with Gasteiger partial charge in [-0.05, 0) is 19.8 Å². The highest BCUT2D eigenvalue weighted by Crippen LogP contribution is 2.10. The number of nitrogens with zero attached hydrogens (tertiary/aromatic N) is 2. The smallest absolute Gasteiger partial charge is 0.222 e. The van der Waals surface area contributed by atoms with Gasteiger partial charge in [-0.15, -0.1) is 0 Å². The molecule has 1 aliphatic rings. The van der Waals surface area contributed by atoms with E-state index in [0.29, 0.717) is 25.7 Å². The molecule has 26 heavy (non-hydrogen) atoms. The number of sulfone groups is 1. The molecule has 0 aromatic heterocycles. The highest BCUT2D eigenvalue weighted by molar-refractivity contribution is 7.90. The molecule has 0 bridgehead atoms. The van der Waals surface area contributed by atoms with Gasteiger partial charge in [-0.25, -0.2) is 8.42 Å². The summed E-state index contributed by atoms with van der Waals surface area (Å²) >= 11 is 0. The summed E-state index contributed by atoms with van der Waals surface area (Å²) in [6, 6.07) is 0.326. The molecule has 1 heterocycles. The molecule has 0 atom stereocenters. The quantitative estimate of drug-likeness (QED) is 0.287. The zero-order chi connectivity index (χ0) is 19.6. The first kappa shape index (κ1) is 22.7. The van der Waals surface area contributed by atoms with Crippen molar-refractivity contribution in [1.29, 1.82) is 0 Å². The Morgan fingerprint density at radius 2 is 1.88 bits per heavy atom. The van der Waals surface area contributed by atoms with E-state index in [4.69, 9.17) is 0 Å². The fraction of sp³-hybridized carbons (Fsp3) is 0.882. The second-order valence-corrected chi connectivity index (χ2v) is 9.36. The lowest BCUT2D eigenvalue weighted by molar-refractivity contribution is -0.123. The number of hydrogen-bond donors (Lipinski definition) is 3. The lowest BCUT2D eigenvalue weighted by Crippen LogP contribution is -2.49. The number of guanidine groups is 1. The van der Waals surface area contributed by atoms with Crippen molar-refractivity contribution >= 4 is 21.7 Å². The second-order valence-electron chi connectivity index (χ2n) is 7.10. The summed E-state index contributed by atoms with van der Waals surface area (Å²) < 4.78 is 22.5. The molecule has 0 unspecified atom stereocenters. The molecule has 1 saturated heterocycles. The minimum atomic E-state index is -2.90. The van der Waals surface area contributed by atoms with Crippen molar-refractivity contribution in [3.63, 3.8) is 0 Å². The van der Waals surface area contributed by atoms with Crippen LogP contribution in [0, 0.1) is 5.92 Å². The van der Waals surface area contributed by atoms with Crippen LogP contribution in [-0.2, 0) is 14.6 Å². The van der Waals surface area contributed by atoms with Crippen molar-refractivity contribution in [2.45, 2.75) is 39.7 Å². The largest absolute Gasteiger partial charge is 0.357 e. The first-order valence-corrected chi connectivity index (χ1v) is 11.5. The molecule has 3 N–H and O–H groups in total. The molecule has 0 radical (unpaired) electrons. The van der Waals surface area contributed by atoms with E-state index in [1.54, 1.807) is 0 Å². The number of likely N-dealkylation sites (tertiary alicyclic amines) is 1. The lowest BCUT2D eigenvalue weighted by atomic mass is 10.1. The molecule has 0 aromatic carbocycles. The molecule has 1 aliphatic heterocycles. The van der Waals surface area contributed by atoms with Crippen LogP contribution in [-0.4, -0.2) is 82.5 Å². The van der Waals surface area contributed by atoms with Crippen molar-refractivity contribution in [1.82, 2.24) is 20.9 Å². The molecule has 0 spiro atoms. The predicted molar refractivity (Wildman–Crippen MR) is 106 cm³/mol. The highest BCUT2D eigenvalue weighted by Gasteiger charge is 2.20. The Balaban J connectivity index is 2.36. The minimum Gasteiger partial charge on any atom is -0.357 e. The van der Waals surface area contributed by atoms with E-state index in [1.165, 1.54) is 6.26 Å². The van der Waals surface area contributed by atoms with Gasteiger partial charge >= 0.3 is 0 Å². The van der Waals surface area contributed by atoms with Crippen LogP contribution in [0.25, 0.3) is 0 Å². The normalized spacial score (nSPS) is 17.3. The maximum atomic E-state index is 11.5. The summed E-state index contributed by atoms with van der Waals surface area (Å²) in [6.07, 6.45) is 3.20. The van der Waals surface area contributed by atoms with Gasteiger partial charge in [-0.2, -0.15) is 0 Å². The third-order valence-corrected chi connectivity index (χ3v) is 5.18. The van der Waals surface area contributed by atoms with E-state index in [2.05, 4.69) is 25.8 Å². The Labute approximate surface area is 158 Å². The molecule has 0 aliphatic carbocycles. The molecule has 9 heteroatoms. The van der Waals surface area contributed by atoms with Crippen molar-refractivity contribution in [3.8, 4) is 0 Å². The summed E-state index contributed by atoms with van der Waals surface area (Å²) in [4.78, 5) is 18.3. The number of piperidine rings is 1. The molecule has 152 valence electrons. The predicted octanol–water partition coefficient (Wildman–Crippen LogP) is -0.177. The lowest BCUT2D eigenvalue weighted by Gasteiger charge is -2.32. The fourth-order valence-corrected chi connectivity index (χ4v) is 3.25. The van der Waals surface area contributed by atoms with Crippen LogP contribution in [0.2, 0.25) is 0 Å². The summed E-state index contributed by atoms with van der Waals surface area (Å²) in [6.45, 7) is 9.96. The molecule has 0 aromatic rings. The van der Waals surface area contributed by atoms with Crippen LogP contribution in [0.4, 0.5) is 0 Å². The van der Waals surface area contributed by atoms with E-state index in [9.17, 15) is 13.2 Å². The Morgan fingerprint density at radius 3 is 2.42 bits per heavy atom. The van der Waals surface area contributed by atoms with Gasteiger partial charge < -0.3 is 20.9 Å². The standard InChI is InChI=1S/C17H35N5O3S/c1-5-18-17(20-9-8-19-16(23)14(2)3)21-15-6-10-22(11-7-15)12-13-26(4,24)25/h14-15H,5-13H2,1-4H3,(H,19,23)(H2,18,20,21). The molecule has 1 rings (SSSR count). The van der Waals surface area contributed by atoms with Gasteiger partial charge in [0.05, 0.1) is 12.3 Å². The average Bonchev–Trinajstić information content (AvgIpc) is 2.57. The van der Waals surface area contributed by atoms with Crippen LogP contribution < -0.4 is 16.0 Å². The third-order valence-electron chi connectivity index (χ3n) is 4.26. The Morgan fingerprint density at radius 1 is 1.23 bits per heavy atom. The number of carbonyl (C=O) groups excluding carboxylic acids is 1. The van der Waals surface area contributed by atoms with Gasteiger partial charge in [0, 0.05) is 50.9 Å². The minimum absolute atomic E-state index is 0.0155. The molecule has 1 fully saturated rings. The fourth-order valence-electron chi connectivity index (χ4n) is 2.66. The highest BCUT2D eigenvalue weighted by atomic mass is 32.2. The van der Waals surface area contributed by atoms with Crippen LogP contribution in [0.3, 0.4) is 0 Å². The number of hydrogen-bond acceptors (Lipinski definition) is 5. The van der Waals surface area contributed by atoms with Gasteiger partial charge in [0.25, 0.3) is 0 Å². The van der Waals surface area contributed by atoms with E-state index in [0.717, 1.165) is 38.4 Å². The molecular formula is C17H35N5O3S. The number of aliphatic imine (C=N–C) groups is 1. The van der Waals surface area contributed by atoms with Crippen LogP contribution in [0.5, 0.6) is 0 Å². The van der Waals surface area contributed by atoms with Gasteiger partial charge in [0.1, 0.15) is 9.84 Å². The number of carbonyl (C=O) groups is 1. The first-order chi connectivity index (χ1) is 12.2. The monoisotopic (exact) mass is 389 g/mol. The Kier molecular flexibility index (Phi) is 9.93. The molecule has 1 amide bonds. The SMILES string of the molecule is CCNC(=NCCNC(=O)C(C)C)NC1CCN(CCS(C)(=O)=O)CC1. The van der Waals surface area contributed by atoms with Gasteiger partial charge in [0.2, 0.25) is 5.91 Å². The van der Waals surface area contributed by atoms with Gasteiger partial charge in [0.15, 0.2) is 5.96 Å². The van der Waals surface area contributed by atoms with Crippen molar-refractivity contribution < 1.29 is 13.2 Å². The zero-order valence-corrected chi connectivity index (χ0v) is 17.4. The van der Waals surface area contributed by atoms with Crippen LogP contribution in [0.1, 0.15) is 33.6 Å². The Hall–Kier alpha value is -1.35. The summed E-state index contributed by atoms with van der Waals surface area (Å²) in [5.41, 5.74) is 0. The maximum Gasteiger partial charge on any atom is 0.222 e. The summed E-state index contributed by atoms with van der Waals surface area (Å²) in [7, 11) is -2.90. The summed E-state index contributed by atoms with van der Waals surface area (Å²) in [5.74, 6) is 1.01. The van der Waals surface area contributed by atoms with Crippen molar-refractivity contribution in [3.05, 3.63) is 0 Å². The van der Waals surface area contributed by atoms with Crippen molar-refractivity contribution in [2.75, 3.05) is 51.3 Å². The van der Waals surface area contributed by atoms with E-state index in [1.807, 2.05) is 20.8 Å². The Bertz CT molecular complexity index is 555. The third kappa shape index (κ3) is 9.96. The van der Waals surface area contributed by atoms with E-state index >= 15 is 0 Å². The maximum absolute atomic E-state index is 11.5. The van der Waals surface area contributed by atoms with Crippen LogP contribution in [0.15, 0.2) is 4.99 Å². The molecule has 0 saturated carbocycles. The number of nitrogens with one attached hydrogen (secondary N) is 3. The first-order valence-electron chi connectivity index (χ1n) is 9.44. The van der Waals surface area contributed by atoms with Gasteiger partial charge in [-0.3, -0.25) is 9.79 Å². The molecular weight excluding hydrogens is 354 g/mol. The number of amides is 1. The average molecular weight is 390 g/mol. The van der Waals surface area contributed by atoms with Gasteiger partial charge in [-0.1, -0.05) is 13.8 Å². The van der Waals surface area contributed by atoms with E-state index < -0.39 is 9.84 Å². The molecule has 8 nitrogen and oxygen atoms in total. The summed E-state index contributed by atoms with van der Waals surface area (Å²) in [5, 5.41) is 9.53. The van der Waals surface area contributed by atoms with E-state index in [-0.39, 0.29) is 17.6 Å². The number of rotatable bonds is 9.